The van der Waals surface area contributed by atoms with Crippen LogP contribution in [-0.2, 0) is 26.2 Å². The van der Waals surface area contributed by atoms with E-state index in [9.17, 15) is 22.4 Å². The van der Waals surface area contributed by atoms with E-state index in [-0.39, 0.29) is 54.1 Å². The molecule has 228 valence electrons. The van der Waals surface area contributed by atoms with Gasteiger partial charge in [0.05, 0.1) is 11.4 Å². The molecule has 3 aromatic rings. The molecule has 0 radical (unpaired) electrons. The maximum atomic E-state index is 13.9. The van der Waals surface area contributed by atoms with Gasteiger partial charge in [0, 0.05) is 43.3 Å². The molecular weight excluding hydrogens is 589 g/mol. The van der Waals surface area contributed by atoms with Gasteiger partial charge >= 0.3 is 0 Å². The Balaban J connectivity index is 1.52. The summed E-state index contributed by atoms with van der Waals surface area (Å²) in [7, 11) is -3.98. The second kappa shape index (κ2) is 14.8. The molecule has 4 rings (SSSR count). The van der Waals surface area contributed by atoms with Crippen molar-refractivity contribution < 1.29 is 22.4 Å². The van der Waals surface area contributed by atoms with Crippen molar-refractivity contribution >= 4 is 39.5 Å². The lowest BCUT2D eigenvalue weighted by Gasteiger charge is -2.39. The summed E-state index contributed by atoms with van der Waals surface area (Å²) < 4.78 is 42.1. The molecule has 0 bridgehead atoms. The third-order valence-corrected chi connectivity index (χ3v) is 9.43. The van der Waals surface area contributed by atoms with Crippen molar-refractivity contribution in [2.24, 2.45) is 5.92 Å². The van der Waals surface area contributed by atoms with E-state index in [1.165, 1.54) is 40.7 Å². The molecule has 0 aromatic heterocycles. The molecule has 0 saturated carbocycles. The first-order chi connectivity index (χ1) is 20.5. The van der Waals surface area contributed by atoms with Crippen LogP contribution in [0.3, 0.4) is 0 Å². The standard InChI is InChI=1S/C33H37ClFN3O4S/c1-25(2)22-37(43(41,42)31-15-11-28(34)12-16-31)24-33(40)38(23-27-8-13-29(35)14-9-27)30-18-20-36(21-19-30)32(39)17-10-26-6-4-3-5-7-26/h3-17,25,30H,18-24H2,1-2H3. The Hall–Kier alpha value is -3.53. The average Bonchev–Trinajstić information content (AvgIpc) is 3.00. The SMILES string of the molecule is CC(C)CN(CC(=O)N(Cc1ccc(F)cc1)C1CCN(C(=O)C=Cc2ccccc2)CC1)S(=O)(=O)c1ccc(Cl)cc1. The topological polar surface area (TPSA) is 78.0 Å². The molecule has 0 N–H and O–H groups in total. The van der Waals surface area contributed by atoms with Gasteiger partial charge in [-0.25, -0.2) is 12.8 Å². The van der Waals surface area contributed by atoms with Crippen LogP contribution in [0.25, 0.3) is 6.08 Å². The Morgan fingerprint density at radius 3 is 2.21 bits per heavy atom. The Morgan fingerprint density at radius 2 is 1.60 bits per heavy atom. The molecular formula is C33H37ClFN3O4S. The minimum absolute atomic E-state index is 0.0291. The zero-order chi connectivity index (χ0) is 31.0. The number of halogens is 2. The number of piperidine rings is 1. The second-order valence-electron chi connectivity index (χ2n) is 11.1. The Bertz CT molecular complexity index is 1510. The highest BCUT2D eigenvalue weighted by Crippen LogP contribution is 2.24. The Labute approximate surface area is 258 Å². The first-order valence-corrected chi connectivity index (χ1v) is 16.2. The van der Waals surface area contributed by atoms with E-state index in [2.05, 4.69) is 0 Å². The van der Waals surface area contributed by atoms with E-state index in [0.717, 1.165) is 11.1 Å². The monoisotopic (exact) mass is 625 g/mol. The molecule has 2 amide bonds. The van der Waals surface area contributed by atoms with Gasteiger partial charge in [-0.1, -0.05) is 67.9 Å². The summed E-state index contributed by atoms with van der Waals surface area (Å²) in [5.41, 5.74) is 1.66. The van der Waals surface area contributed by atoms with Crippen molar-refractivity contribution in [3.05, 3.63) is 107 Å². The van der Waals surface area contributed by atoms with Crippen molar-refractivity contribution in [2.45, 2.75) is 44.2 Å². The Morgan fingerprint density at radius 1 is 0.977 bits per heavy atom. The molecule has 1 aliphatic heterocycles. The summed E-state index contributed by atoms with van der Waals surface area (Å²) in [4.78, 5) is 30.3. The van der Waals surface area contributed by atoms with Crippen LogP contribution in [0, 0.1) is 11.7 Å². The van der Waals surface area contributed by atoms with Gasteiger partial charge in [-0.3, -0.25) is 9.59 Å². The molecule has 10 heteroatoms. The van der Waals surface area contributed by atoms with Crippen LogP contribution >= 0.6 is 11.6 Å². The van der Waals surface area contributed by atoms with Crippen LogP contribution in [0.4, 0.5) is 4.39 Å². The number of likely N-dealkylation sites (tertiary alicyclic amines) is 1. The van der Waals surface area contributed by atoms with Gasteiger partial charge in [-0.2, -0.15) is 4.31 Å². The quantitative estimate of drug-likeness (QED) is 0.250. The van der Waals surface area contributed by atoms with Crippen LogP contribution in [0.1, 0.15) is 37.8 Å². The number of hydrogen-bond acceptors (Lipinski definition) is 4. The molecule has 0 aliphatic carbocycles. The van der Waals surface area contributed by atoms with E-state index in [1.807, 2.05) is 44.2 Å². The summed E-state index contributed by atoms with van der Waals surface area (Å²) in [6.07, 6.45) is 4.41. The van der Waals surface area contributed by atoms with Gasteiger partial charge in [0.1, 0.15) is 5.82 Å². The summed E-state index contributed by atoms with van der Waals surface area (Å²) >= 11 is 5.98. The van der Waals surface area contributed by atoms with Crippen LogP contribution in [-0.4, -0.2) is 66.6 Å². The molecule has 3 aromatic carbocycles. The zero-order valence-electron chi connectivity index (χ0n) is 24.4. The molecule has 1 heterocycles. The van der Waals surface area contributed by atoms with Gasteiger partial charge in [-0.05, 0) is 72.4 Å². The highest BCUT2D eigenvalue weighted by Gasteiger charge is 2.33. The molecule has 0 spiro atoms. The third-order valence-electron chi connectivity index (χ3n) is 7.35. The van der Waals surface area contributed by atoms with Gasteiger partial charge in [0.2, 0.25) is 21.8 Å². The fourth-order valence-corrected chi connectivity index (χ4v) is 6.77. The predicted molar refractivity (Wildman–Crippen MR) is 167 cm³/mol. The summed E-state index contributed by atoms with van der Waals surface area (Å²) in [5, 5.41) is 0.413. The lowest BCUT2D eigenvalue weighted by Crippen LogP contribution is -2.51. The molecule has 0 unspecified atom stereocenters. The summed E-state index contributed by atoms with van der Waals surface area (Å²) in [6.45, 7) is 4.70. The fourth-order valence-electron chi connectivity index (χ4n) is 5.09. The molecule has 1 fully saturated rings. The van der Waals surface area contributed by atoms with Crippen molar-refractivity contribution in [2.75, 3.05) is 26.2 Å². The fraction of sp³-hybridized carbons (Fsp3) is 0.333. The van der Waals surface area contributed by atoms with E-state index in [1.54, 1.807) is 34.1 Å². The molecule has 43 heavy (non-hydrogen) atoms. The van der Waals surface area contributed by atoms with Crippen LogP contribution in [0.15, 0.2) is 89.8 Å². The molecule has 7 nitrogen and oxygen atoms in total. The highest BCUT2D eigenvalue weighted by molar-refractivity contribution is 7.89. The van der Waals surface area contributed by atoms with E-state index in [4.69, 9.17) is 11.6 Å². The third kappa shape index (κ3) is 8.98. The van der Waals surface area contributed by atoms with Crippen molar-refractivity contribution in [3.63, 3.8) is 0 Å². The number of amides is 2. The number of benzene rings is 3. The lowest BCUT2D eigenvalue weighted by atomic mass is 10.0. The highest BCUT2D eigenvalue weighted by atomic mass is 35.5. The maximum absolute atomic E-state index is 13.9. The van der Waals surface area contributed by atoms with Gasteiger partial charge < -0.3 is 9.80 Å². The second-order valence-corrected chi connectivity index (χ2v) is 13.5. The summed E-state index contributed by atoms with van der Waals surface area (Å²) in [6, 6.07) is 21.2. The number of hydrogen-bond donors (Lipinski definition) is 0. The van der Waals surface area contributed by atoms with Gasteiger partial charge in [0.25, 0.3) is 0 Å². The minimum Gasteiger partial charge on any atom is -0.339 e. The molecule has 0 atom stereocenters. The lowest BCUT2D eigenvalue weighted by molar-refractivity contribution is -0.136. The number of sulfonamides is 1. The van der Waals surface area contributed by atoms with Crippen LogP contribution < -0.4 is 0 Å². The van der Waals surface area contributed by atoms with E-state index < -0.39 is 10.0 Å². The van der Waals surface area contributed by atoms with E-state index in [0.29, 0.717) is 31.0 Å². The van der Waals surface area contributed by atoms with Gasteiger partial charge in [-0.15, -0.1) is 0 Å². The Kier molecular flexibility index (Phi) is 11.1. The normalized spacial score (nSPS) is 14.5. The number of nitrogens with zero attached hydrogens (tertiary/aromatic N) is 3. The van der Waals surface area contributed by atoms with Gasteiger partial charge in [0.15, 0.2) is 0 Å². The largest absolute Gasteiger partial charge is 0.339 e. The average molecular weight is 626 g/mol. The minimum atomic E-state index is -3.98. The zero-order valence-corrected chi connectivity index (χ0v) is 26.0. The number of carbonyl (C=O) groups is 2. The smallest absolute Gasteiger partial charge is 0.246 e. The molecule has 1 aliphatic rings. The van der Waals surface area contributed by atoms with Crippen molar-refractivity contribution in [1.29, 1.82) is 0 Å². The maximum Gasteiger partial charge on any atom is 0.246 e. The first kappa shape index (κ1) is 32.4. The van der Waals surface area contributed by atoms with E-state index >= 15 is 0 Å². The summed E-state index contributed by atoms with van der Waals surface area (Å²) in [5.74, 6) is -0.861. The number of rotatable bonds is 11. The van der Waals surface area contributed by atoms with Crippen molar-refractivity contribution in [3.8, 4) is 0 Å². The van der Waals surface area contributed by atoms with Crippen LogP contribution in [0.2, 0.25) is 5.02 Å². The predicted octanol–water partition coefficient (Wildman–Crippen LogP) is 5.86. The number of carbonyl (C=O) groups excluding carboxylic acids is 2. The molecule has 1 saturated heterocycles. The van der Waals surface area contributed by atoms with Crippen LogP contribution in [0.5, 0.6) is 0 Å². The first-order valence-electron chi connectivity index (χ1n) is 14.3. The van der Waals surface area contributed by atoms with Crippen molar-refractivity contribution in [1.82, 2.24) is 14.1 Å².